The molecule has 162 valence electrons. The van der Waals surface area contributed by atoms with Gasteiger partial charge in [-0.2, -0.15) is 0 Å². The number of benzene rings is 4. The van der Waals surface area contributed by atoms with E-state index in [1.165, 1.54) is 60.7 Å². The van der Waals surface area contributed by atoms with Crippen molar-refractivity contribution in [2.24, 2.45) is 0 Å². The third kappa shape index (κ3) is 2.17. The SMILES string of the molecule is c1ccc2c(c1)Cc1cc3c(cc1-2)Cc1c-3ccc2c3ccncc3n3c4ccccc4nc3c12. The number of pyridine rings is 2. The minimum absolute atomic E-state index is 0.937. The number of nitrogens with zero attached hydrogens (tertiary/aromatic N) is 3. The van der Waals surface area contributed by atoms with Gasteiger partial charge in [0.25, 0.3) is 0 Å². The first kappa shape index (κ1) is 17.9. The van der Waals surface area contributed by atoms with E-state index in [0.717, 1.165) is 35.0 Å². The van der Waals surface area contributed by atoms with Gasteiger partial charge in [-0.15, -0.1) is 0 Å². The van der Waals surface area contributed by atoms with Gasteiger partial charge in [-0.3, -0.25) is 9.38 Å². The van der Waals surface area contributed by atoms with Gasteiger partial charge in [-0.05, 0) is 93.1 Å². The lowest BCUT2D eigenvalue weighted by molar-refractivity contribution is 1.24. The Balaban J connectivity index is 1.40. The van der Waals surface area contributed by atoms with Crippen molar-refractivity contribution >= 4 is 38.4 Å². The Morgan fingerprint density at radius 3 is 2.43 bits per heavy atom. The molecule has 0 aliphatic heterocycles. The largest absolute Gasteiger partial charge is 0.290 e. The molecule has 0 radical (unpaired) electrons. The standard InChI is InChI=1S/C32H19N3/c1-2-6-21-18(5-1)13-19-14-26-20(15-25(19)21)16-27-22(26)9-10-24-23-11-12-33-17-30(23)35-29-8-4-3-7-28(29)34-32(35)31(24)27/h1-12,14-15,17H,13,16H2. The van der Waals surface area contributed by atoms with Crippen LogP contribution in [0.15, 0.2) is 91.3 Å². The summed E-state index contributed by atoms with van der Waals surface area (Å²) in [6.07, 6.45) is 5.83. The molecule has 3 aromatic heterocycles. The molecule has 2 aliphatic rings. The van der Waals surface area contributed by atoms with E-state index < -0.39 is 0 Å². The summed E-state index contributed by atoms with van der Waals surface area (Å²) in [5, 5.41) is 3.75. The normalized spacial score (nSPS) is 13.5. The summed E-state index contributed by atoms with van der Waals surface area (Å²) in [4.78, 5) is 9.63. The Labute approximate surface area is 201 Å². The van der Waals surface area contributed by atoms with E-state index in [1.807, 2.05) is 12.4 Å². The quantitative estimate of drug-likeness (QED) is 0.229. The van der Waals surface area contributed by atoms with Crippen LogP contribution in [0, 0.1) is 0 Å². The fourth-order valence-corrected chi connectivity index (χ4v) is 6.61. The van der Waals surface area contributed by atoms with Crippen LogP contribution < -0.4 is 0 Å². The Bertz CT molecular complexity index is 2060. The molecule has 9 rings (SSSR count). The number of rotatable bonds is 0. The van der Waals surface area contributed by atoms with Crippen molar-refractivity contribution < 1.29 is 0 Å². The molecule has 3 heterocycles. The molecule has 2 aliphatic carbocycles. The molecule has 35 heavy (non-hydrogen) atoms. The highest BCUT2D eigenvalue weighted by Crippen LogP contribution is 2.47. The van der Waals surface area contributed by atoms with Gasteiger partial charge in [0.05, 0.1) is 22.7 Å². The van der Waals surface area contributed by atoms with Crippen LogP contribution in [0.1, 0.15) is 22.3 Å². The highest BCUT2D eigenvalue weighted by Gasteiger charge is 2.28. The van der Waals surface area contributed by atoms with E-state index >= 15 is 0 Å². The van der Waals surface area contributed by atoms with Crippen molar-refractivity contribution in [1.82, 2.24) is 14.4 Å². The van der Waals surface area contributed by atoms with Crippen molar-refractivity contribution in [3.8, 4) is 22.3 Å². The topological polar surface area (TPSA) is 30.2 Å². The maximum absolute atomic E-state index is 5.16. The minimum atomic E-state index is 0.937. The number of fused-ring (bicyclic) bond motifs is 15. The van der Waals surface area contributed by atoms with Gasteiger partial charge < -0.3 is 0 Å². The van der Waals surface area contributed by atoms with E-state index in [1.54, 1.807) is 0 Å². The van der Waals surface area contributed by atoms with Crippen molar-refractivity contribution in [2.75, 3.05) is 0 Å². The highest BCUT2D eigenvalue weighted by molar-refractivity contribution is 6.16. The first-order chi connectivity index (χ1) is 17.3. The molecule has 7 aromatic rings. The van der Waals surface area contributed by atoms with Gasteiger partial charge >= 0.3 is 0 Å². The summed E-state index contributed by atoms with van der Waals surface area (Å²) in [5.74, 6) is 0. The Kier molecular flexibility index (Phi) is 3.14. The number of hydrogen-bond acceptors (Lipinski definition) is 2. The molecule has 0 N–H and O–H groups in total. The van der Waals surface area contributed by atoms with E-state index in [2.05, 4.69) is 88.2 Å². The summed E-state index contributed by atoms with van der Waals surface area (Å²) in [6, 6.07) is 28.9. The maximum atomic E-state index is 5.16. The number of aromatic nitrogens is 3. The van der Waals surface area contributed by atoms with Crippen LogP contribution in [0.5, 0.6) is 0 Å². The maximum Gasteiger partial charge on any atom is 0.146 e. The van der Waals surface area contributed by atoms with Gasteiger partial charge in [-0.25, -0.2) is 4.98 Å². The molecule has 0 saturated carbocycles. The molecule has 0 atom stereocenters. The Morgan fingerprint density at radius 1 is 0.629 bits per heavy atom. The van der Waals surface area contributed by atoms with Crippen LogP contribution in [-0.4, -0.2) is 14.4 Å². The van der Waals surface area contributed by atoms with E-state index in [0.29, 0.717) is 0 Å². The minimum Gasteiger partial charge on any atom is -0.290 e. The van der Waals surface area contributed by atoms with Gasteiger partial charge in [0.1, 0.15) is 5.65 Å². The second-order valence-electron chi connectivity index (χ2n) is 9.84. The zero-order valence-corrected chi connectivity index (χ0v) is 18.9. The van der Waals surface area contributed by atoms with E-state index in [9.17, 15) is 0 Å². The second kappa shape index (κ2) is 6.13. The Hall–Kier alpha value is -4.50. The van der Waals surface area contributed by atoms with Gasteiger partial charge in [0.2, 0.25) is 0 Å². The average molecular weight is 446 g/mol. The molecule has 4 aromatic carbocycles. The third-order valence-electron chi connectivity index (χ3n) is 8.10. The summed E-state index contributed by atoms with van der Waals surface area (Å²) in [7, 11) is 0. The van der Waals surface area contributed by atoms with Crippen LogP contribution in [0.3, 0.4) is 0 Å². The monoisotopic (exact) mass is 445 g/mol. The second-order valence-corrected chi connectivity index (χ2v) is 9.84. The fourth-order valence-electron chi connectivity index (χ4n) is 6.61. The van der Waals surface area contributed by atoms with Crippen LogP contribution in [0.2, 0.25) is 0 Å². The number of para-hydroxylation sites is 2. The molecular weight excluding hydrogens is 426 g/mol. The lowest BCUT2D eigenvalue weighted by Gasteiger charge is -2.12. The summed E-state index contributed by atoms with van der Waals surface area (Å²) in [6.45, 7) is 0. The van der Waals surface area contributed by atoms with E-state index in [4.69, 9.17) is 4.98 Å². The van der Waals surface area contributed by atoms with E-state index in [-0.39, 0.29) is 0 Å². The van der Waals surface area contributed by atoms with Crippen LogP contribution in [-0.2, 0) is 12.8 Å². The Morgan fingerprint density at radius 2 is 1.46 bits per heavy atom. The molecule has 0 spiro atoms. The fraction of sp³-hybridized carbons (Fsp3) is 0.0625. The first-order valence-electron chi connectivity index (χ1n) is 12.2. The molecule has 0 unspecified atom stereocenters. The zero-order valence-electron chi connectivity index (χ0n) is 18.9. The molecular formula is C32H19N3. The summed E-state index contributed by atoms with van der Waals surface area (Å²) >= 11 is 0. The molecule has 0 fully saturated rings. The van der Waals surface area contributed by atoms with Gasteiger partial charge in [0.15, 0.2) is 0 Å². The molecule has 3 heteroatoms. The summed E-state index contributed by atoms with van der Waals surface area (Å²) in [5.41, 5.74) is 15.5. The lowest BCUT2D eigenvalue weighted by Crippen LogP contribution is -1.95. The summed E-state index contributed by atoms with van der Waals surface area (Å²) < 4.78 is 2.31. The van der Waals surface area contributed by atoms with Crippen molar-refractivity contribution in [1.29, 1.82) is 0 Å². The molecule has 0 saturated heterocycles. The van der Waals surface area contributed by atoms with Crippen molar-refractivity contribution in [3.63, 3.8) is 0 Å². The molecule has 3 nitrogen and oxygen atoms in total. The van der Waals surface area contributed by atoms with Crippen LogP contribution in [0.25, 0.3) is 60.6 Å². The zero-order chi connectivity index (χ0) is 22.7. The number of imidazole rings is 1. The predicted molar refractivity (Wildman–Crippen MR) is 142 cm³/mol. The van der Waals surface area contributed by atoms with Crippen LogP contribution in [0.4, 0.5) is 0 Å². The third-order valence-corrected chi connectivity index (χ3v) is 8.10. The highest BCUT2D eigenvalue weighted by atomic mass is 15.0. The predicted octanol–water partition coefficient (Wildman–Crippen LogP) is 7.33. The smallest absolute Gasteiger partial charge is 0.146 e. The van der Waals surface area contributed by atoms with Crippen LogP contribution >= 0.6 is 0 Å². The molecule has 0 bridgehead atoms. The molecule has 0 amide bonds. The number of hydrogen-bond donors (Lipinski definition) is 0. The average Bonchev–Trinajstić information content (AvgIpc) is 3.58. The first-order valence-corrected chi connectivity index (χ1v) is 12.2. The lowest BCUT2D eigenvalue weighted by atomic mass is 9.96. The van der Waals surface area contributed by atoms with Gasteiger partial charge in [-0.1, -0.05) is 48.5 Å². The van der Waals surface area contributed by atoms with Crippen molar-refractivity contribution in [2.45, 2.75) is 12.8 Å². The van der Waals surface area contributed by atoms with Gasteiger partial charge in [0, 0.05) is 17.0 Å². The van der Waals surface area contributed by atoms with Crippen molar-refractivity contribution in [3.05, 3.63) is 114 Å².